The second-order valence-corrected chi connectivity index (χ2v) is 6.82. The molecule has 0 amide bonds. The summed E-state index contributed by atoms with van der Waals surface area (Å²) in [5.74, 6) is -0.226. The van der Waals surface area contributed by atoms with E-state index in [-0.39, 0.29) is 26.2 Å². The molecule has 0 saturated heterocycles. The first-order valence-corrected chi connectivity index (χ1v) is 9.78. The van der Waals surface area contributed by atoms with E-state index in [0.29, 0.717) is 20.6 Å². The standard InChI is InChI=1S/C20H27N3O7/c1-3-14(2)15-4-6-16(7-5-15)17(26)30-13-10-23-19(28)21(8-11-24)18(27)22(9-12-25)20(23)29/h4-7,14,24-25H,3,8-13H2,1-2H3. The first-order valence-electron chi connectivity index (χ1n) is 9.78. The Labute approximate surface area is 172 Å². The average Bonchev–Trinajstić information content (AvgIpc) is 2.76. The van der Waals surface area contributed by atoms with Gasteiger partial charge in [0.15, 0.2) is 0 Å². The molecule has 1 aromatic carbocycles. The molecule has 2 N–H and O–H groups in total. The molecule has 2 aromatic rings. The molecule has 0 aliphatic heterocycles. The molecule has 1 aromatic heterocycles. The van der Waals surface area contributed by atoms with Crippen molar-refractivity contribution in [3.8, 4) is 0 Å². The highest BCUT2D eigenvalue weighted by Gasteiger charge is 2.16. The van der Waals surface area contributed by atoms with E-state index in [1.807, 2.05) is 12.1 Å². The summed E-state index contributed by atoms with van der Waals surface area (Å²) in [6.07, 6.45) is 0.977. The van der Waals surface area contributed by atoms with E-state index in [4.69, 9.17) is 14.9 Å². The number of hydrogen-bond acceptors (Lipinski definition) is 7. The van der Waals surface area contributed by atoms with Crippen LogP contribution in [-0.4, -0.2) is 49.7 Å². The SMILES string of the molecule is CCC(C)c1ccc(C(=O)OCCn2c(=O)n(CCO)c(=O)n(CCO)c2=O)cc1. The minimum absolute atomic E-state index is 0.266. The first kappa shape index (κ1) is 23.3. The quantitative estimate of drug-likeness (QED) is 0.496. The molecule has 0 fully saturated rings. The highest BCUT2D eigenvalue weighted by Crippen LogP contribution is 2.19. The second kappa shape index (κ2) is 10.7. The van der Waals surface area contributed by atoms with Gasteiger partial charge in [0, 0.05) is 0 Å². The summed E-state index contributed by atoms with van der Waals surface area (Å²) in [5, 5.41) is 18.2. The number of aliphatic hydroxyl groups is 2. The molecule has 0 bridgehead atoms. The van der Waals surface area contributed by atoms with E-state index in [2.05, 4.69) is 13.8 Å². The number of esters is 1. The molecule has 1 heterocycles. The molecule has 0 aliphatic carbocycles. The third kappa shape index (κ3) is 5.14. The Kier molecular flexibility index (Phi) is 8.31. The van der Waals surface area contributed by atoms with Gasteiger partial charge in [-0.2, -0.15) is 0 Å². The number of aromatic nitrogens is 3. The Hall–Kier alpha value is -2.98. The molecular formula is C20H27N3O7. The Morgan fingerprint density at radius 1 is 0.900 bits per heavy atom. The van der Waals surface area contributed by atoms with Crippen LogP contribution in [0.15, 0.2) is 38.6 Å². The van der Waals surface area contributed by atoms with Gasteiger partial charge in [-0.15, -0.1) is 0 Å². The van der Waals surface area contributed by atoms with Crippen molar-refractivity contribution in [2.75, 3.05) is 19.8 Å². The Morgan fingerprint density at radius 3 is 1.80 bits per heavy atom. The molecule has 0 spiro atoms. The molecule has 30 heavy (non-hydrogen) atoms. The van der Waals surface area contributed by atoms with Crippen LogP contribution >= 0.6 is 0 Å². The topological polar surface area (TPSA) is 133 Å². The summed E-state index contributed by atoms with van der Waals surface area (Å²) < 4.78 is 7.31. The molecule has 0 radical (unpaired) electrons. The van der Waals surface area contributed by atoms with Gasteiger partial charge < -0.3 is 14.9 Å². The molecule has 1 atom stereocenters. The summed E-state index contributed by atoms with van der Waals surface area (Å²) in [6, 6.07) is 7.03. The summed E-state index contributed by atoms with van der Waals surface area (Å²) >= 11 is 0. The molecule has 0 aliphatic rings. The number of aliphatic hydroxyl groups excluding tert-OH is 2. The number of hydrogen-bond donors (Lipinski definition) is 2. The van der Waals surface area contributed by atoms with Gasteiger partial charge in [0.2, 0.25) is 0 Å². The summed E-state index contributed by atoms with van der Waals surface area (Å²) in [4.78, 5) is 49.3. The lowest BCUT2D eigenvalue weighted by Gasteiger charge is -2.13. The van der Waals surface area contributed by atoms with Crippen molar-refractivity contribution in [2.24, 2.45) is 0 Å². The van der Waals surface area contributed by atoms with E-state index < -0.39 is 36.3 Å². The van der Waals surface area contributed by atoms with Gasteiger partial charge in [0.05, 0.1) is 38.4 Å². The van der Waals surface area contributed by atoms with Gasteiger partial charge in [0.25, 0.3) is 0 Å². The number of rotatable bonds is 10. The van der Waals surface area contributed by atoms with Crippen molar-refractivity contribution in [1.29, 1.82) is 0 Å². The van der Waals surface area contributed by atoms with Gasteiger partial charge in [0.1, 0.15) is 6.61 Å². The van der Waals surface area contributed by atoms with Crippen LogP contribution in [0.5, 0.6) is 0 Å². The Balaban J connectivity index is 2.17. The number of carbonyl (C=O) groups is 1. The normalized spacial score (nSPS) is 12.0. The Morgan fingerprint density at radius 2 is 1.37 bits per heavy atom. The predicted molar refractivity (Wildman–Crippen MR) is 109 cm³/mol. The van der Waals surface area contributed by atoms with Crippen LogP contribution in [0.3, 0.4) is 0 Å². The van der Waals surface area contributed by atoms with Gasteiger partial charge in [-0.25, -0.2) is 32.9 Å². The molecule has 0 saturated carbocycles. The monoisotopic (exact) mass is 421 g/mol. The highest BCUT2D eigenvalue weighted by molar-refractivity contribution is 5.89. The number of carbonyl (C=O) groups excluding carboxylic acids is 1. The van der Waals surface area contributed by atoms with E-state index in [1.54, 1.807) is 12.1 Å². The van der Waals surface area contributed by atoms with E-state index >= 15 is 0 Å². The summed E-state index contributed by atoms with van der Waals surface area (Å²) in [7, 11) is 0. The van der Waals surface area contributed by atoms with Crippen LogP contribution < -0.4 is 17.1 Å². The van der Waals surface area contributed by atoms with Crippen molar-refractivity contribution in [2.45, 2.75) is 45.8 Å². The van der Waals surface area contributed by atoms with Crippen molar-refractivity contribution >= 4 is 5.97 Å². The first-order chi connectivity index (χ1) is 14.3. The fourth-order valence-electron chi connectivity index (χ4n) is 2.95. The maximum absolute atomic E-state index is 12.4. The molecule has 1 unspecified atom stereocenters. The summed E-state index contributed by atoms with van der Waals surface area (Å²) in [5.41, 5.74) is -1.29. The fourth-order valence-corrected chi connectivity index (χ4v) is 2.95. The molecule has 10 heteroatoms. The lowest BCUT2D eigenvalue weighted by molar-refractivity contribution is 0.0486. The fraction of sp³-hybridized carbons (Fsp3) is 0.500. The number of benzene rings is 1. The zero-order chi connectivity index (χ0) is 22.3. The van der Waals surface area contributed by atoms with E-state index in [9.17, 15) is 19.2 Å². The van der Waals surface area contributed by atoms with E-state index in [0.717, 1.165) is 16.6 Å². The maximum atomic E-state index is 12.4. The zero-order valence-corrected chi connectivity index (χ0v) is 17.1. The van der Waals surface area contributed by atoms with Gasteiger partial charge in [-0.05, 0) is 30.0 Å². The lowest BCUT2D eigenvalue weighted by Crippen LogP contribution is -2.55. The molecule has 10 nitrogen and oxygen atoms in total. The highest BCUT2D eigenvalue weighted by atomic mass is 16.5. The van der Waals surface area contributed by atoms with Gasteiger partial charge in [-0.3, -0.25) is 0 Å². The minimum Gasteiger partial charge on any atom is -0.460 e. The van der Waals surface area contributed by atoms with E-state index in [1.165, 1.54) is 0 Å². The maximum Gasteiger partial charge on any atom is 0.338 e. The average molecular weight is 421 g/mol. The van der Waals surface area contributed by atoms with Gasteiger partial charge >= 0.3 is 23.0 Å². The van der Waals surface area contributed by atoms with Gasteiger partial charge in [-0.1, -0.05) is 26.0 Å². The third-order valence-corrected chi connectivity index (χ3v) is 4.91. The minimum atomic E-state index is -0.915. The van der Waals surface area contributed by atoms with Crippen LogP contribution in [0.4, 0.5) is 0 Å². The molecule has 2 rings (SSSR count). The van der Waals surface area contributed by atoms with Crippen molar-refractivity contribution in [1.82, 2.24) is 13.7 Å². The van der Waals surface area contributed by atoms with Crippen molar-refractivity contribution < 1.29 is 19.7 Å². The number of ether oxygens (including phenoxy) is 1. The zero-order valence-electron chi connectivity index (χ0n) is 17.1. The van der Waals surface area contributed by atoms with Crippen molar-refractivity contribution in [3.05, 3.63) is 66.8 Å². The molecule has 164 valence electrons. The van der Waals surface area contributed by atoms with Crippen LogP contribution in [0.25, 0.3) is 0 Å². The van der Waals surface area contributed by atoms with Crippen LogP contribution in [0.2, 0.25) is 0 Å². The van der Waals surface area contributed by atoms with Crippen molar-refractivity contribution in [3.63, 3.8) is 0 Å². The summed E-state index contributed by atoms with van der Waals surface area (Å²) in [6.45, 7) is 2.07. The predicted octanol–water partition coefficient (Wildman–Crippen LogP) is -0.473. The van der Waals surface area contributed by atoms with Crippen LogP contribution in [0.1, 0.15) is 42.1 Å². The largest absolute Gasteiger partial charge is 0.460 e. The third-order valence-electron chi connectivity index (χ3n) is 4.91. The number of nitrogens with zero attached hydrogens (tertiary/aromatic N) is 3. The second-order valence-electron chi connectivity index (χ2n) is 6.82. The smallest absolute Gasteiger partial charge is 0.338 e. The Bertz CT molecular complexity index is 990. The molecular weight excluding hydrogens is 394 g/mol. The van der Waals surface area contributed by atoms with Crippen LogP contribution in [-0.2, 0) is 24.4 Å². The van der Waals surface area contributed by atoms with Crippen LogP contribution in [0, 0.1) is 0 Å². The lowest BCUT2D eigenvalue weighted by atomic mass is 9.98.